The number of nitrogens with zero attached hydrogens (tertiary/aromatic N) is 2. The van der Waals surface area contributed by atoms with Crippen molar-refractivity contribution in [2.24, 2.45) is 0 Å². The number of carbonyl (C=O) groups is 3. The van der Waals surface area contributed by atoms with Gasteiger partial charge in [-0.3, -0.25) is 24.7 Å². The summed E-state index contributed by atoms with van der Waals surface area (Å²) in [4.78, 5) is 41.0. The number of fused-ring (bicyclic) bond motifs is 1. The summed E-state index contributed by atoms with van der Waals surface area (Å²) in [5.74, 6) is -0.819. The smallest absolute Gasteiger partial charge is 0.303 e. The number of aromatic nitrogens is 1. The molecule has 1 aromatic carbocycles. The van der Waals surface area contributed by atoms with Crippen molar-refractivity contribution >= 4 is 34.8 Å². The van der Waals surface area contributed by atoms with Gasteiger partial charge in [-0.15, -0.1) is 0 Å². The van der Waals surface area contributed by atoms with Crippen LogP contribution >= 0.6 is 0 Å². The number of imide groups is 1. The highest BCUT2D eigenvalue weighted by Crippen LogP contribution is 2.18. The maximum absolute atomic E-state index is 12.5. The number of benzene rings is 1. The van der Waals surface area contributed by atoms with Crippen molar-refractivity contribution < 1.29 is 19.6 Å². The van der Waals surface area contributed by atoms with E-state index in [4.69, 9.17) is 5.21 Å². The highest BCUT2D eigenvalue weighted by atomic mass is 16.5. The lowest BCUT2D eigenvalue weighted by Gasteiger charge is -2.11. The SMILES string of the molecule is O=C(CCCCCN1C(=O)NC(=Cc2cnc3ccccc3c2)C1=O)NO. The van der Waals surface area contributed by atoms with Crippen LogP contribution in [0.2, 0.25) is 0 Å². The largest absolute Gasteiger partial charge is 0.329 e. The van der Waals surface area contributed by atoms with Gasteiger partial charge in [0.15, 0.2) is 0 Å². The number of rotatable bonds is 7. The molecule has 8 nitrogen and oxygen atoms in total. The number of para-hydroxylation sites is 1. The molecule has 0 radical (unpaired) electrons. The summed E-state index contributed by atoms with van der Waals surface area (Å²) in [7, 11) is 0. The Morgan fingerprint density at radius 2 is 2.04 bits per heavy atom. The van der Waals surface area contributed by atoms with Crippen LogP contribution in [0.5, 0.6) is 0 Å². The van der Waals surface area contributed by atoms with Crippen LogP contribution in [0.25, 0.3) is 17.0 Å². The van der Waals surface area contributed by atoms with Crippen LogP contribution in [0.3, 0.4) is 0 Å². The van der Waals surface area contributed by atoms with E-state index in [1.165, 1.54) is 0 Å². The first kappa shape index (κ1) is 18.5. The van der Waals surface area contributed by atoms with E-state index < -0.39 is 11.9 Å². The molecule has 4 amide bonds. The Hall–Kier alpha value is -3.26. The lowest BCUT2D eigenvalue weighted by molar-refractivity contribution is -0.129. The van der Waals surface area contributed by atoms with Gasteiger partial charge in [-0.1, -0.05) is 24.6 Å². The number of unbranched alkanes of at least 4 members (excludes halogenated alkanes) is 2. The standard InChI is InChI=1S/C19H20N4O4/c24-17(22-27)8-2-1-5-9-23-18(25)16(21-19(23)26)11-13-10-14-6-3-4-7-15(14)20-12-13/h3-4,6-7,10-12,27H,1-2,5,8-9H2,(H,21,26)(H,22,24). The van der Waals surface area contributed by atoms with E-state index in [9.17, 15) is 14.4 Å². The number of amides is 4. The summed E-state index contributed by atoms with van der Waals surface area (Å²) < 4.78 is 0. The van der Waals surface area contributed by atoms with E-state index in [-0.39, 0.29) is 24.6 Å². The fraction of sp³-hybridized carbons (Fsp3) is 0.263. The van der Waals surface area contributed by atoms with Crippen LogP contribution in [0.15, 0.2) is 42.2 Å². The third-order valence-corrected chi connectivity index (χ3v) is 4.30. The number of hydrogen-bond acceptors (Lipinski definition) is 5. The Morgan fingerprint density at radius 1 is 1.22 bits per heavy atom. The number of carbonyl (C=O) groups excluding carboxylic acids is 3. The van der Waals surface area contributed by atoms with Gasteiger partial charge in [-0.05, 0) is 36.6 Å². The minimum atomic E-state index is -0.451. The van der Waals surface area contributed by atoms with Crippen LogP contribution in [0.1, 0.15) is 31.2 Å². The predicted octanol–water partition coefficient (Wildman–Crippen LogP) is 2.19. The second-order valence-corrected chi connectivity index (χ2v) is 6.25. The molecule has 2 heterocycles. The molecule has 0 atom stereocenters. The minimum absolute atomic E-state index is 0.205. The zero-order valence-electron chi connectivity index (χ0n) is 14.6. The Kier molecular flexibility index (Phi) is 5.77. The Bertz CT molecular complexity index is 909. The van der Waals surface area contributed by atoms with Gasteiger partial charge in [-0.25, -0.2) is 10.3 Å². The molecular weight excluding hydrogens is 348 g/mol. The van der Waals surface area contributed by atoms with Crippen LogP contribution in [0.4, 0.5) is 4.79 Å². The second kappa shape index (κ2) is 8.41. The fourth-order valence-corrected chi connectivity index (χ4v) is 2.90. The van der Waals surface area contributed by atoms with Gasteiger partial charge in [0.25, 0.3) is 5.91 Å². The van der Waals surface area contributed by atoms with Crippen LogP contribution in [-0.4, -0.2) is 39.5 Å². The number of nitrogens with one attached hydrogen (secondary N) is 2. The van der Waals surface area contributed by atoms with E-state index in [0.29, 0.717) is 19.3 Å². The first-order valence-electron chi connectivity index (χ1n) is 8.71. The maximum atomic E-state index is 12.5. The molecule has 140 valence electrons. The maximum Gasteiger partial charge on any atom is 0.329 e. The summed E-state index contributed by atoms with van der Waals surface area (Å²) in [6.07, 6.45) is 5.30. The summed E-state index contributed by atoms with van der Waals surface area (Å²) in [5, 5.41) is 12.0. The van der Waals surface area contributed by atoms with Crippen molar-refractivity contribution in [3.63, 3.8) is 0 Å². The molecule has 0 aliphatic carbocycles. The van der Waals surface area contributed by atoms with Gasteiger partial charge < -0.3 is 5.32 Å². The second-order valence-electron chi connectivity index (χ2n) is 6.25. The molecule has 1 aromatic heterocycles. The molecule has 3 rings (SSSR count). The molecule has 1 fully saturated rings. The average Bonchev–Trinajstić information content (AvgIpc) is 2.94. The molecule has 0 unspecified atom stereocenters. The predicted molar refractivity (Wildman–Crippen MR) is 98.4 cm³/mol. The molecule has 27 heavy (non-hydrogen) atoms. The third kappa shape index (κ3) is 4.48. The Labute approximate surface area is 155 Å². The monoisotopic (exact) mass is 368 g/mol. The minimum Gasteiger partial charge on any atom is -0.303 e. The molecular formula is C19H20N4O4. The number of urea groups is 1. The lowest BCUT2D eigenvalue weighted by Crippen LogP contribution is -2.31. The molecule has 0 bridgehead atoms. The first-order valence-corrected chi connectivity index (χ1v) is 8.71. The quantitative estimate of drug-likeness (QED) is 0.228. The van der Waals surface area contributed by atoms with Crippen LogP contribution in [-0.2, 0) is 9.59 Å². The van der Waals surface area contributed by atoms with E-state index in [1.54, 1.807) is 17.8 Å². The number of hydroxylamine groups is 1. The third-order valence-electron chi connectivity index (χ3n) is 4.30. The topological polar surface area (TPSA) is 112 Å². The normalized spacial score (nSPS) is 15.4. The Balaban J connectivity index is 1.61. The molecule has 3 N–H and O–H groups in total. The Morgan fingerprint density at radius 3 is 2.85 bits per heavy atom. The van der Waals surface area contributed by atoms with Gasteiger partial charge in [0.2, 0.25) is 5.91 Å². The first-order chi connectivity index (χ1) is 13.1. The number of hydrogen-bond donors (Lipinski definition) is 3. The average molecular weight is 368 g/mol. The number of pyridine rings is 1. The van der Waals surface area contributed by atoms with Gasteiger partial charge in [-0.2, -0.15) is 0 Å². The van der Waals surface area contributed by atoms with Crippen molar-refractivity contribution in [1.82, 2.24) is 20.7 Å². The van der Waals surface area contributed by atoms with Gasteiger partial charge >= 0.3 is 6.03 Å². The van der Waals surface area contributed by atoms with Crippen LogP contribution in [0, 0.1) is 0 Å². The highest BCUT2D eigenvalue weighted by molar-refractivity contribution is 6.14. The molecule has 1 aliphatic rings. The van der Waals surface area contributed by atoms with Crippen molar-refractivity contribution in [2.45, 2.75) is 25.7 Å². The molecule has 2 aromatic rings. The summed E-state index contributed by atoms with van der Waals surface area (Å²) >= 11 is 0. The van der Waals surface area contributed by atoms with Crippen molar-refractivity contribution in [1.29, 1.82) is 0 Å². The lowest BCUT2D eigenvalue weighted by atomic mass is 10.1. The highest BCUT2D eigenvalue weighted by Gasteiger charge is 2.32. The molecule has 8 heteroatoms. The van der Waals surface area contributed by atoms with Gasteiger partial charge in [0.1, 0.15) is 5.70 Å². The zero-order chi connectivity index (χ0) is 19.2. The van der Waals surface area contributed by atoms with E-state index in [0.717, 1.165) is 21.4 Å². The van der Waals surface area contributed by atoms with E-state index in [1.807, 2.05) is 30.3 Å². The van der Waals surface area contributed by atoms with Gasteiger partial charge in [0.05, 0.1) is 5.52 Å². The molecule has 0 saturated carbocycles. The van der Waals surface area contributed by atoms with E-state index >= 15 is 0 Å². The fourth-order valence-electron chi connectivity index (χ4n) is 2.90. The van der Waals surface area contributed by atoms with Crippen molar-refractivity contribution in [3.05, 3.63) is 47.8 Å². The molecule has 0 spiro atoms. The molecule has 1 aliphatic heterocycles. The van der Waals surface area contributed by atoms with Gasteiger partial charge in [0, 0.05) is 24.5 Å². The summed E-state index contributed by atoms with van der Waals surface area (Å²) in [6.45, 7) is 0.277. The zero-order valence-corrected chi connectivity index (χ0v) is 14.6. The van der Waals surface area contributed by atoms with Crippen molar-refractivity contribution in [2.75, 3.05) is 6.54 Å². The van der Waals surface area contributed by atoms with E-state index in [2.05, 4.69) is 10.3 Å². The summed E-state index contributed by atoms with van der Waals surface area (Å²) in [6, 6.07) is 9.11. The summed E-state index contributed by atoms with van der Waals surface area (Å²) in [5.41, 5.74) is 3.38. The van der Waals surface area contributed by atoms with Crippen LogP contribution < -0.4 is 10.8 Å². The molecule has 1 saturated heterocycles. The van der Waals surface area contributed by atoms with Crippen molar-refractivity contribution in [3.8, 4) is 0 Å².